The van der Waals surface area contributed by atoms with Crippen molar-refractivity contribution < 1.29 is 4.79 Å². The molecule has 0 aliphatic rings. The normalized spacial score (nSPS) is 10.9. The van der Waals surface area contributed by atoms with Crippen molar-refractivity contribution in [2.24, 2.45) is 0 Å². The molecule has 0 atom stereocenters. The van der Waals surface area contributed by atoms with Gasteiger partial charge in [-0.3, -0.25) is 9.78 Å². The standard InChI is InChI=1S/C19H18N2O/c1-13(2)14-8-10-16(11-9-14)19(22)21-17-7-3-5-15-6-4-12-20-18(15)17/h3-13H,1-2H3,(H,21,22). The Bertz CT molecular complexity index is 802. The van der Waals surface area contributed by atoms with Gasteiger partial charge in [-0.05, 0) is 35.7 Å². The highest BCUT2D eigenvalue weighted by molar-refractivity contribution is 6.08. The first kappa shape index (κ1) is 14.3. The minimum Gasteiger partial charge on any atom is -0.320 e. The molecule has 3 rings (SSSR count). The minimum atomic E-state index is -0.117. The van der Waals surface area contributed by atoms with Crippen molar-refractivity contribution in [2.45, 2.75) is 19.8 Å². The Morgan fingerprint density at radius 3 is 2.45 bits per heavy atom. The van der Waals surface area contributed by atoms with Crippen LogP contribution in [-0.4, -0.2) is 10.9 Å². The van der Waals surface area contributed by atoms with Crippen LogP contribution in [0.2, 0.25) is 0 Å². The van der Waals surface area contributed by atoms with Gasteiger partial charge in [0.1, 0.15) is 0 Å². The van der Waals surface area contributed by atoms with Gasteiger partial charge in [-0.25, -0.2) is 0 Å². The molecule has 0 aliphatic carbocycles. The fraction of sp³-hybridized carbons (Fsp3) is 0.158. The van der Waals surface area contributed by atoms with Gasteiger partial charge in [-0.15, -0.1) is 0 Å². The lowest BCUT2D eigenvalue weighted by Gasteiger charge is -2.09. The fourth-order valence-corrected chi connectivity index (χ4v) is 2.42. The molecule has 1 heterocycles. The molecule has 0 aliphatic heterocycles. The molecule has 0 fully saturated rings. The summed E-state index contributed by atoms with van der Waals surface area (Å²) in [6, 6.07) is 17.4. The smallest absolute Gasteiger partial charge is 0.255 e. The third kappa shape index (κ3) is 2.84. The fourth-order valence-electron chi connectivity index (χ4n) is 2.42. The number of hydrogen-bond acceptors (Lipinski definition) is 2. The number of nitrogens with zero attached hydrogens (tertiary/aromatic N) is 1. The van der Waals surface area contributed by atoms with Crippen LogP contribution in [0.4, 0.5) is 5.69 Å². The van der Waals surface area contributed by atoms with E-state index in [9.17, 15) is 4.79 Å². The summed E-state index contributed by atoms with van der Waals surface area (Å²) in [5.74, 6) is 0.341. The SMILES string of the molecule is CC(C)c1ccc(C(=O)Nc2cccc3cccnc23)cc1. The molecule has 0 radical (unpaired) electrons. The average Bonchev–Trinajstić information content (AvgIpc) is 2.55. The molecule has 0 bridgehead atoms. The molecular weight excluding hydrogens is 272 g/mol. The summed E-state index contributed by atoms with van der Waals surface area (Å²) >= 11 is 0. The Balaban J connectivity index is 1.87. The number of benzene rings is 2. The van der Waals surface area contributed by atoms with Crippen LogP contribution in [0.15, 0.2) is 60.8 Å². The second kappa shape index (κ2) is 5.98. The highest BCUT2D eigenvalue weighted by Crippen LogP contribution is 2.21. The van der Waals surface area contributed by atoms with Gasteiger partial charge >= 0.3 is 0 Å². The van der Waals surface area contributed by atoms with E-state index in [1.807, 2.05) is 54.6 Å². The number of pyridine rings is 1. The van der Waals surface area contributed by atoms with E-state index >= 15 is 0 Å². The Morgan fingerprint density at radius 1 is 1.00 bits per heavy atom. The van der Waals surface area contributed by atoms with Gasteiger partial charge in [0.2, 0.25) is 0 Å². The van der Waals surface area contributed by atoms with Crippen molar-refractivity contribution >= 4 is 22.5 Å². The number of hydrogen-bond donors (Lipinski definition) is 1. The van der Waals surface area contributed by atoms with Gasteiger partial charge in [0.25, 0.3) is 5.91 Å². The monoisotopic (exact) mass is 290 g/mol. The summed E-state index contributed by atoms with van der Waals surface area (Å²) in [5.41, 5.74) is 3.41. The number of aromatic nitrogens is 1. The predicted octanol–water partition coefficient (Wildman–Crippen LogP) is 4.61. The number of amides is 1. The van der Waals surface area contributed by atoms with E-state index in [-0.39, 0.29) is 5.91 Å². The van der Waals surface area contributed by atoms with Crippen molar-refractivity contribution in [3.8, 4) is 0 Å². The molecule has 3 nitrogen and oxygen atoms in total. The van der Waals surface area contributed by atoms with Crippen LogP contribution in [0.5, 0.6) is 0 Å². The van der Waals surface area contributed by atoms with Gasteiger partial charge in [-0.2, -0.15) is 0 Å². The predicted molar refractivity (Wildman–Crippen MR) is 90.2 cm³/mol. The van der Waals surface area contributed by atoms with E-state index in [1.165, 1.54) is 5.56 Å². The summed E-state index contributed by atoms with van der Waals surface area (Å²) in [6.45, 7) is 4.27. The molecule has 22 heavy (non-hydrogen) atoms. The van der Waals surface area contributed by atoms with Gasteiger partial charge < -0.3 is 5.32 Å². The van der Waals surface area contributed by atoms with Crippen LogP contribution in [0.1, 0.15) is 35.7 Å². The van der Waals surface area contributed by atoms with Crippen LogP contribution in [0.25, 0.3) is 10.9 Å². The van der Waals surface area contributed by atoms with Gasteiger partial charge in [-0.1, -0.05) is 44.2 Å². The largest absolute Gasteiger partial charge is 0.320 e. The Morgan fingerprint density at radius 2 is 1.73 bits per heavy atom. The van der Waals surface area contributed by atoms with Crippen LogP contribution in [0.3, 0.4) is 0 Å². The summed E-state index contributed by atoms with van der Waals surface area (Å²) in [4.78, 5) is 16.8. The number of carbonyl (C=O) groups is 1. The minimum absolute atomic E-state index is 0.117. The molecule has 1 N–H and O–H groups in total. The first-order valence-corrected chi connectivity index (χ1v) is 7.40. The van der Waals surface area contributed by atoms with Crippen molar-refractivity contribution in [2.75, 3.05) is 5.32 Å². The molecular formula is C19H18N2O. The second-order valence-corrected chi connectivity index (χ2v) is 5.61. The number of anilines is 1. The number of nitrogens with one attached hydrogen (secondary N) is 1. The van der Waals surface area contributed by atoms with Crippen molar-refractivity contribution in [3.05, 3.63) is 71.9 Å². The molecule has 0 saturated heterocycles. The lowest BCUT2D eigenvalue weighted by Crippen LogP contribution is -2.12. The zero-order valence-corrected chi connectivity index (χ0v) is 12.7. The molecule has 1 amide bonds. The van der Waals surface area contributed by atoms with E-state index in [4.69, 9.17) is 0 Å². The molecule has 3 aromatic rings. The number of rotatable bonds is 3. The van der Waals surface area contributed by atoms with Crippen LogP contribution < -0.4 is 5.32 Å². The Hall–Kier alpha value is -2.68. The first-order chi connectivity index (χ1) is 10.6. The molecule has 0 unspecified atom stereocenters. The molecule has 1 aromatic heterocycles. The van der Waals surface area contributed by atoms with Gasteiger partial charge in [0.05, 0.1) is 11.2 Å². The maximum absolute atomic E-state index is 12.4. The van der Waals surface area contributed by atoms with E-state index < -0.39 is 0 Å². The van der Waals surface area contributed by atoms with E-state index in [0.717, 1.165) is 16.6 Å². The van der Waals surface area contributed by atoms with Crippen LogP contribution >= 0.6 is 0 Å². The van der Waals surface area contributed by atoms with Crippen molar-refractivity contribution in [1.29, 1.82) is 0 Å². The zero-order chi connectivity index (χ0) is 15.5. The molecule has 0 spiro atoms. The zero-order valence-electron chi connectivity index (χ0n) is 12.7. The maximum atomic E-state index is 12.4. The first-order valence-electron chi connectivity index (χ1n) is 7.40. The topological polar surface area (TPSA) is 42.0 Å². The number of para-hydroxylation sites is 1. The van der Waals surface area contributed by atoms with Crippen LogP contribution in [-0.2, 0) is 0 Å². The van der Waals surface area contributed by atoms with Crippen molar-refractivity contribution in [3.63, 3.8) is 0 Å². The molecule has 0 saturated carbocycles. The summed E-state index contributed by atoms with van der Waals surface area (Å²) in [7, 11) is 0. The summed E-state index contributed by atoms with van der Waals surface area (Å²) < 4.78 is 0. The lowest BCUT2D eigenvalue weighted by atomic mass is 10.0. The Labute approximate surface area is 130 Å². The van der Waals surface area contributed by atoms with E-state index in [0.29, 0.717) is 11.5 Å². The summed E-state index contributed by atoms with van der Waals surface area (Å²) in [5, 5.41) is 3.96. The van der Waals surface area contributed by atoms with Gasteiger partial charge in [0, 0.05) is 17.1 Å². The van der Waals surface area contributed by atoms with Gasteiger partial charge in [0.15, 0.2) is 0 Å². The molecule has 110 valence electrons. The summed E-state index contributed by atoms with van der Waals surface area (Å²) in [6.07, 6.45) is 1.73. The second-order valence-electron chi connectivity index (χ2n) is 5.61. The maximum Gasteiger partial charge on any atom is 0.255 e. The highest BCUT2D eigenvalue weighted by Gasteiger charge is 2.09. The average molecular weight is 290 g/mol. The third-order valence-electron chi connectivity index (χ3n) is 3.72. The van der Waals surface area contributed by atoms with Crippen molar-refractivity contribution in [1.82, 2.24) is 4.98 Å². The Kier molecular flexibility index (Phi) is 3.88. The lowest BCUT2D eigenvalue weighted by molar-refractivity contribution is 0.102. The molecule has 2 aromatic carbocycles. The van der Waals surface area contributed by atoms with E-state index in [2.05, 4.69) is 24.1 Å². The van der Waals surface area contributed by atoms with Crippen LogP contribution in [0, 0.1) is 0 Å². The third-order valence-corrected chi connectivity index (χ3v) is 3.72. The highest BCUT2D eigenvalue weighted by atomic mass is 16.1. The number of carbonyl (C=O) groups excluding carboxylic acids is 1. The molecule has 3 heteroatoms. The quantitative estimate of drug-likeness (QED) is 0.765. The number of fused-ring (bicyclic) bond motifs is 1. The van der Waals surface area contributed by atoms with E-state index in [1.54, 1.807) is 6.20 Å².